The molecule has 5 nitrogen and oxygen atoms in total. The number of carbonyl (C=O) groups excluding carboxylic acids is 1. The lowest BCUT2D eigenvalue weighted by molar-refractivity contribution is -0.131. The average molecular weight is 341 g/mol. The Hall–Kier alpha value is -1.85. The number of hydrogen-bond donors (Lipinski definition) is 0. The molecule has 1 aromatic heterocycles. The molecule has 134 valence electrons. The zero-order chi connectivity index (χ0) is 17.4. The summed E-state index contributed by atoms with van der Waals surface area (Å²) in [7, 11) is 0. The fourth-order valence-electron chi connectivity index (χ4n) is 4.34. The number of morpholine rings is 1. The largest absolute Gasteiger partial charge is 0.379 e. The molecule has 5 heteroatoms. The van der Waals surface area contributed by atoms with E-state index in [4.69, 9.17) is 4.74 Å². The number of likely N-dealkylation sites (tertiary alicyclic amines) is 1. The molecule has 1 aromatic carbocycles. The van der Waals surface area contributed by atoms with Gasteiger partial charge in [-0.3, -0.25) is 9.69 Å². The number of carbonyl (C=O) groups is 1. The Kier molecular flexibility index (Phi) is 4.52. The molecule has 4 rings (SSSR count). The van der Waals surface area contributed by atoms with E-state index in [1.54, 1.807) is 0 Å². The van der Waals surface area contributed by atoms with Crippen LogP contribution < -0.4 is 0 Å². The van der Waals surface area contributed by atoms with Gasteiger partial charge < -0.3 is 14.2 Å². The first-order valence-electron chi connectivity index (χ1n) is 9.27. The van der Waals surface area contributed by atoms with Gasteiger partial charge in [0.25, 0.3) is 0 Å². The lowest BCUT2D eigenvalue weighted by atomic mass is 10.0. The van der Waals surface area contributed by atoms with Crippen LogP contribution in [0.4, 0.5) is 0 Å². The van der Waals surface area contributed by atoms with E-state index in [1.165, 1.54) is 10.9 Å². The fraction of sp³-hybridized carbons (Fsp3) is 0.550. The van der Waals surface area contributed by atoms with Crippen molar-refractivity contribution in [3.05, 3.63) is 36.0 Å². The summed E-state index contributed by atoms with van der Waals surface area (Å²) in [6, 6.07) is 8.78. The minimum absolute atomic E-state index is 0.225. The summed E-state index contributed by atoms with van der Waals surface area (Å²) in [4.78, 5) is 17.5. The maximum Gasteiger partial charge on any atom is 0.242 e. The van der Waals surface area contributed by atoms with Crippen LogP contribution in [0.25, 0.3) is 10.9 Å². The lowest BCUT2D eigenvalue weighted by Crippen LogP contribution is -2.47. The van der Waals surface area contributed by atoms with Gasteiger partial charge in [-0.2, -0.15) is 0 Å². The number of nitrogens with zero attached hydrogens (tertiary/aromatic N) is 3. The van der Waals surface area contributed by atoms with E-state index in [0.29, 0.717) is 18.5 Å². The maximum absolute atomic E-state index is 12.9. The van der Waals surface area contributed by atoms with Gasteiger partial charge in [-0.05, 0) is 24.5 Å². The van der Waals surface area contributed by atoms with Crippen molar-refractivity contribution in [1.82, 2.24) is 14.4 Å². The average Bonchev–Trinajstić information content (AvgIpc) is 3.17. The molecule has 0 spiro atoms. The molecule has 3 heterocycles. The number of hydrogen-bond acceptors (Lipinski definition) is 3. The maximum atomic E-state index is 12.9. The van der Waals surface area contributed by atoms with Gasteiger partial charge in [0.05, 0.1) is 13.2 Å². The Labute approximate surface area is 149 Å². The summed E-state index contributed by atoms with van der Waals surface area (Å²) in [6.07, 6.45) is 2.10. The topological polar surface area (TPSA) is 37.7 Å². The monoisotopic (exact) mass is 341 g/mol. The second-order valence-electron chi connectivity index (χ2n) is 7.45. The quantitative estimate of drug-likeness (QED) is 0.858. The summed E-state index contributed by atoms with van der Waals surface area (Å²) in [6.45, 7) is 10.1. The van der Waals surface area contributed by atoms with Crippen molar-refractivity contribution in [2.75, 3.05) is 39.4 Å². The second-order valence-corrected chi connectivity index (χ2v) is 7.45. The molecular formula is C20H27N3O2. The van der Waals surface area contributed by atoms with Crippen LogP contribution in [0.3, 0.4) is 0 Å². The van der Waals surface area contributed by atoms with Crippen molar-refractivity contribution < 1.29 is 9.53 Å². The highest BCUT2D eigenvalue weighted by Gasteiger charge is 2.36. The van der Waals surface area contributed by atoms with Gasteiger partial charge >= 0.3 is 0 Å². The van der Waals surface area contributed by atoms with Gasteiger partial charge in [-0.25, -0.2) is 0 Å². The van der Waals surface area contributed by atoms with E-state index in [9.17, 15) is 4.79 Å². The summed E-state index contributed by atoms with van der Waals surface area (Å²) in [5.74, 6) is 0.744. The highest BCUT2D eigenvalue weighted by molar-refractivity contribution is 5.86. The number of aryl methyl sites for hydroxylation is 1. The first-order chi connectivity index (χ1) is 12.1. The number of ether oxygens (including phenoxy) is 1. The molecule has 25 heavy (non-hydrogen) atoms. The Bertz CT molecular complexity index is 763. The summed E-state index contributed by atoms with van der Waals surface area (Å²) in [5, 5.41) is 1.23. The third kappa shape index (κ3) is 3.18. The second kappa shape index (κ2) is 6.81. The molecular weight excluding hydrogens is 314 g/mol. The van der Waals surface area contributed by atoms with Crippen LogP contribution >= 0.6 is 0 Å². The standard InChI is InChI=1S/C20H27N3O2/c1-15-11-22(18-6-4-3-5-17(15)18)14-20(24)23-12-16(2)19(13-23)21-7-9-25-10-8-21/h3-6,11,16,19H,7-10,12-14H2,1-2H3/t16-,19+/m1/s1. The molecule has 0 radical (unpaired) electrons. The van der Waals surface area contributed by atoms with Crippen LogP contribution in [0.2, 0.25) is 0 Å². The van der Waals surface area contributed by atoms with E-state index < -0.39 is 0 Å². The van der Waals surface area contributed by atoms with Gasteiger partial charge in [0.1, 0.15) is 6.54 Å². The van der Waals surface area contributed by atoms with Crippen LogP contribution in [0, 0.1) is 12.8 Å². The molecule has 0 saturated carbocycles. The number of para-hydroxylation sites is 1. The molecule has 0 N–H and O–H groups in total. The van der Waals surface area contributed by atoms with E-state index >= 15 is 0 Å². The molecule has 0 aliphatic carbocycles. The molecule has 2 aliphatic heterocycles. The molecule has 2 fully saturated rings. The number of benzene rings is 1. The van der Waals surface area contributed by atoms with E-state index in [0.717, 1.165) is 44.9 Å². The Morgan fingerprint density at radius 2 is 1.96 bits per heavy atom. The molecule has 0 unspecified atom stereocenters. The van der Waals surface area contributed by atoms with Crippen molar-refractivity contribution in [2.24, 2.45) is 5.92 Å². The molecule has 1 amide bonds. The smallest absolute Gasteiger partial charge is 0.242 e. The number of amides is 1. The zero-order valence-electron chi connectivity index (χ0n) is 15.1. The van der Waals surface area contributed by atoms with E-state index in [-0.39, 0.29) is 5.91 Å². The number of fused-ring (bicyclic) bond motifs is 1. The van der Waals surface area contributed by atoms with Crippen molar-refractivity contribution in [3.63, 3.8) is 0 Å². The summed E-state index contributed by atoms with van der Waals surface area (Å²) < 4.78 is 7.56. The van der Waals surface area contributed by atoms with Crippen LogP contribution in [-0.4, -0.2) is 65.7 Å². The summed E-state index contributed by atoms with van der Waals surface area (Å²) >= 11 is 0. The molecule has 2 aromatic rings. The number of rotatable bonds is 3. The normalized spacial score (nSPS) is 25.0. The third-order valence-electron chi connectivity index (χ3n) is 5.73. The zero-order valence-corrected chi connectivity index (χ0v) is 15.1. The minimum Gasteiger partial charge on any atom is -0.379 e. The highest BCUT2D eigenvalue weighted by atomic mass is 16.5. The molecule has 0 bridgehead atoms. The third-order valence-corrected chi connectivity index (χ3v) is 5.73. The predicted molar refractivity (Wildman–Crippen MR) is 98.6 cm³/mol. The first-order valence-corrected chi connectivity index (χ1v) is 9.27. The van der Waals surface area contributed by atoms with E-state index in [2.05, 4.69) is 52.6 Å². The Morgan fingerprint density at radius 1 is 1.20 bits per heavy atom. The number of aromatic nitrogens is 1. The van der Waals surface area contributed by atoms with Gasteiger partial charge in [0.2, 0.25) is 5.91 Å². The predicted octanol–water partition coefficient (Wildman–Crippen LogP) is 2.13. The highest BCUT2D eigenvalue weighted by Crippen LogP contribution is 2.24. The molecule has 2 saturated heterocycles. The summed E-state index contributed by atoms with van der Waals surface area (Å²) in [5.41, 5.74) is 2.37. The van der Waals surface area contributed by atoms with Gasteiger partial charge in [-0.1, -0.05) is 25.1 Å². The van der Waals surface area contributed by atoms with Crippen LogP contribution in [-0.2, 0) is 16.1 Å². The van der Waals surface area contributed by atoms with Crippen molar-refractivity contribution in [1.29, 1.82) is 0 Å². The molecule has 2 atom stereocenters. The van der Waals surface area contributed by atoms with E-state index in [1.807, 2.05) is 6.07 Å². The minimum atomic E-state index is 0.225. The Balaban J connectivity index is 1.46. The Morgan fingerprint density at radius 3 is 2.76 bits per heavy atom. The van der Waals surface area contributed by atoms with Crippen molar-refractivity contribution >= 4 is 16.8 Å². The van der Waals surface area contributed by atoms with Gasteiger partial charge in [-0.15, -0.1) is 0 Å². The van der Waals surface area contributed by atoms with Crippen LogP contribution in [0.1, 0.15) is 12.5 Å². The lowest BCUT2D eigenvalue weighted by Gasteiger charge is -2.34. The van der Waals surface area contributed by atoms with Crippen molar-refractivity contribution in [3.8, 4) is 0 Å². The SMILES string of the molecule is Cc1cn(CC(=O)N2C[C@@H](C)[C@@H](N3CCOCC3)C2)c2ccccc12. The van der Waals surface area contributed by atoms with Crippen LogP contribution in [0.5, 0.6) is 0 Å². The van der Waals surface area contributed by atoms with Crippen LogP contribution in [0.15, 0.2) is 30.5 Å². The molecule has 2 aliphatic rings. The van der Waals surface area contributed by atoms with Crippen molar-refractivity contribution in [2.45, 2.75) is 26.4 Å². The fourth-order valence-corrected chi connectivity index (χ4v) is 4.34. The first kappa shape index (κ1) is 16.6. The van der Waals surface area contributed by atoms with Gasteiger partial charge in [0.15, 0.2) is 0 Å². The van der Waals surface area contributed by atoms with Gasteiger partial charge in [0, 0.05) is 49.3 Å².